The van der Waals surface area contributed by atoms with Gasteiger partial charge in [0.05, 0.1) is 16.5 Å². The number of aryl methyl sites for hydroxylation is 1. The van der Waals surface area contributed by atoms with E-state index in [2.05, 4.69) is 41.4 Å². The third-order valence-corrected chi connectivity index (χ3v) is 7.49. The van der Waals surface area contributed by atoms with Crippen molar-refractivity contribution >= 4 is 29.0 Å². The van der Waals surface area contributed by atoms with Crippen LogP contribution in [-0.2, 0) is 0 Å². The summed E-state index contributed by atoms with van der Waals surface area (Å²) in [5.41, 5.74) is 1.04. The van der Waals surface area contributed by atoms with Crippen LogP contribution in [0.3, 0.4) is 0 Å². The van der Waals surface area contributed by atoms with Crippen LogP contribution in [0, 0.1) is 12.3 Å². The van der Waals surface area contributed by atoms with Crippen LogP contribution in [0.1, 0.15) is 87.2 Å². The third-order valence-electron chi connectivity index (χ3n) is 6.40. The van der Waals surface area contributed by atoms with Crippen LogP contribution >= 0.6 is 11.3 Å². The van der Waals surface area contributed by atoms with Crippen molar-refractivity contribution in [3.05, 3.63) is 28.5 Å². The molecule has 9 heteroatoms. The van der Waals surface area contributed by atoms with E-state index < -0.39 is 17.6 Å². The maximum atomic E-state index is 13.5. The van der Waals surface area contributed by atoms with Crippen molar-refractivity contribution in [3.8, 4) is 10.4 Å². The van der Waals surface area contributed by atoms with Crippen LogP contribution in [-0.4, -0.2) is 62.6 Å². The number of nitrogens with zero attached hydrogens (tertiary/aromatic N) is 3. The van der Waals surface area contributed by atoms with Gasteiger partial charge in [0.1, 0.15) is 11.5 Å². The van der Waals surface area contributed by atoms with Crippen molar-refractivity contribution < 1.29 is 14.7 Å². The van der Waals surface area contributed by atoms with Gasteiger partial charge >= 0.3 is 0 Å². The molecule has 2 atom stereocenters. The summed E-state index contributed by atoms with van der Waals surface area (Å²) in [6, 6.07) is 1.60. The van der Waals surface area contributed by atoms with Gasteiger partial charge in [-0.1, -0.05) is 20.8 Å². The molecule has 2 amide bonds. The second-order valence-corrected chi connectivity index (χ2v) is 12.3. The Morgan fingerprint density at radius 1 is 1.29 bits per heavy atom. The van der Waals surface area contributed by atoms with Gasteiger partial charge in [0.2, 0.25) is 0 Å². The predicted molar refractivity (Wildman–Crippen MR) is 141 cm³/mol. The Hall–Kier alpha value is -2.52. The zero-order chi connectivity index (χ0) is 26.1. The maximum absolute atomic E-state index is 13.5. The maximum Gasteiger partial charge on any atom is 0.280 e. The first-order valence-corrected chi connectivity index (χ1v) is 13.0. The first-order valence-electron chi connectivity index (χ1n) is 12.2. The van der Waals surface area contributed by atoms with Gasteiger partial charge in [-0.25, -0.2) is 9.97 Å². The Balaban J connectivity index is 1.99. The molecule has 0 radical (unpaired) electrons. The average Bonchev–Trinajstić information content (AvgIpc) is 3.37. The minimum Gasteiger partial charge on any atom is -0.388 e. The predicted octanol–water partition coefficient (Wildman–Crippen LogP) is 4.49. The molecule has 1 aliphatic heterocycles. The highest BCUT2D eigenvalue weighted by atomic mass is 32.1. The average molecular weight is 502 g/mol. The van der Waals surface area contributed by atoms with Crippen LogP contribution in [0.4, 0.5) is 5.82 Å². The Kier molecular flexibility index (Phi) is 7.91. The number of likely N-dealkylation sites (tertiary alicyclic amines) is 1. The largest absolute Gasteiger partial charge is 0.388 e. The van der Waals surface area contributed by atoms with E-state index >= 15 is 0 Å². The first-order chi connectivity index (χ1) is 16.2. The first kappa shape index (κ1) is 27.1. The molecule has 2 aromatic rings. The normalized spacial score (nSPS) is 17.4. The number of nitrogens with one attached hydrogen (secondary N) is 2. The number of rotatable bonds is 7. The minimum absolute atomic E-state index is 0.112. The van der Waals surface area contributed by atoms with Gasteiger partial charge in [-0.15, -0.1) is 11.3 Å². The Bertz CT molecular complexity index is 1080. The molecule has 35 heavy (non-hydrogen) atoms. The molecule has 1 fully saturated rings. The summed E-state index contributed by atoms with van der Waals surface area (Å²) in [4.78, 5) is 38.1. The van der Waals surface area contributed by atoms with Crippen LogP contribution in [0.2, 0.25) is 0 Å². The number of carbonyl (C=O) groups excluding carboxylic acids is 2. The fourth-order valence-corrected chi connectivity index (χ4v) is 4.83. The highest BCUT2D eigenvalue weighted by Gasteiger charge is 2.33. The third kappa shape index (κ3) is 6.58. The monoisotopic (exact) mass is 501 g/mol. The number of aliphatic hydroxyl groups is 1. The molecule has 0 unspecified atom stereocenters. The lowest BCUT2D eigenvalue weighted by atomic mass is 9.97. The second-order valence-electron chi connectivity index (χ2n) is 11.3. The summed E-state index contributed by atoms with van der Waals surface area (Å²) < 4.78 is 0. The fourth-order valence-electron chi connectivity index (χ4n) is 3.80. The second kappa shape index (κ2) is 10.2. The Morgan fingerprint density at radius 2 is 1.97 bits per heavy atom. The number of anilines is 1. The minimum atomic E-state index is -1.09. The molecule has 0 aromatic carbocycles. The van der Waals surface area contributed by atoms with E-state index in [0.29, 0.717) is 11.4 Å². The van der Waals surface area contributed by atoms with Crippen LogP contribution in [0.15, 0.2) is 12.3 Å². The lowest BCUT2D eigenvalue weighted by Crippen LogP contribution is -2.47. The van der Waals surface area contributed by atoms with Crippen molar-refractivity contribution in [2.24, 2.45) is 5.41 Å². The molecule has 3 heterocycles. The summed E-state index contributed by atoms with van der Waals surface area (Å²) in [6.07, 6.45) is 3.66. The highest BCUT2D eigenvalue weighted by molar-refractivity contribution is 7.17. The SMILES string of the molecule is Cc1cc(NCC(C)(C)C)ncc1-c1sc(C(=O)N[C@@H](C)C(C)(C)O)nc1C(=O)N1CCC[C@@H]1C. The van der Waals surface area contributed by atoms with Gasteiger partial charge in [-0.3, -0.25) is 9.59 Å². The van der Waals surface area contributed by atoms with E-state index in [4.69, 9.17) is 0 Å². The van der Waals surface area contributed by atoms with Crippen LogP contribution in [0.5, 0.6) is 0 Å². The molecular weight excluding hydrogens is 462 g/mol. The molecular formula is C26H39N5O3S. The molecule has 3 rings (SSSR count). The molecule has 8 nitrogen and oxygen atoms in total. The topological polar surface area (TPSA) is 107 Å². The smallest absolute Gasteiger partial charge is 0.280 e. The van der Waals surface area contributed by atoms with Crippen LogP contribution < -0.4 is 10.6 Å². The summed E-state index contributed by atoms with van der Waals surface area (Å²) in [7, 11) is 0. The van der Waals surface area contributed by atoms with Crippen molar-refractivity contribution in [2.75, 3.05) is 18.4 Å². The van der Waals surface area contributed by atoms with E-state index in [-0.39, 0.29) is 28.1 Å². The van der Waals surface area contributed by atoms with E-state index in [0.717, 1.165) is 36.3 Å². The summed E-state index contributed by atoms with van der Waals surface area (Å²) in [5.74, 6) is 0.197. The molecule has 1 saturated heterocycles. The number of aromatic nitrogens is 2. The van der Waals surface area contributed by atoms with Gasteiger partial charge in [-0.05, 0) is 64.5 Å². The molecule has 1 aliphatic rings. The molecule has 192 valence electrons. The van der Waals surface area contributed by atoms with Crippen LogP contribution in [0.25, 0.3) is 10.4 Å². The van der Waals surface area contributed by atoms with E-state index in [1.165, 1.54) is 11.3 Å². The highest BCUT2D eigenvalue weighted by Crippen LogP contribution is 2.35. The Labute approximate surface area is 212 Å². The molecule has 0 bridgehead atoms. The zero-order valence-electron chi connectivity index (χ0n) is 22.2. The van der Waals surface area contributed by atoms with Gasteiger partial charge in [0, 0.05) is 30.9 Å². The lowest BCUT2D eigenvalue weighted by Gasteiger charge is -2.26. The Morgan fingerprint density at radius 3 is 2.51 bits per heavy atom. The van der Waals surface area contributed by atoms with E-state index in [1.54, 1.807) is 27.0 Å². The quantitative estimate of drug-likeness (QED) is 0.516. The molecule has 3 N–H and O–H groups in total. The van der Waals surface area contributed by atoms with Gasteiger partial charge in [0.15, 0.2) is 5.01 Å². The van der Waals surface area contributed by atoms with Gasteiger partial charge in [-0.2, -0.15) is 0 Å². The van der Waals surface area contributed by atoms with E-state index in [9.17, 15) is 14.7 Å². The summed E-state index contributed by atoms with van der Waals surface area (Å²) >= 11 is 1.19. The van der Waals surface area contributed by atoms with Crippen molar-refractivity contribution in [1.82, 2.24) is 20.2 Å². The number of pyridine rings is 1. The summed E-state index contributed by atoms with van der Waals surface area (Å²) in [5, 5.41) is 16.6. The number of amides is 2. The zero-order valence-corrected chi connectivity index (χ0v) is 23.0. The number of hydrogen-bond acceptors (Lipinski definition) is 7. The number of carbonyl (C=O) groups is 2. The fraction of sp³-hybridized carbons (Fsp3) is 0.615. The van der Waals surface area contributed by atoms with Crippen molar-refractivity contribution in [2.45, 2.75) is 85.9 Å². The molecule has 0 aliphatic carbocycles. The number of thiazole rings is 1. The van der Waals surface area contributed by atoms with Crippen molar-refractivity contribution in [1.29, 1.82) is 0 Å². The summed E-state index contributed by atoms with van der Waals surface area (Å²) in [6.45, 7) is 16.9. The molecule has 0 saturated carbocycles. The van der Waals surface area contributed by atoms with Crippen molar-refractivity contribution in [3.63, 3.8) is 0 Å². The van der Waals surface area contributed by atoms with Gasteiger partial charge < -0.3 is 20.6 Å². The van der Waals surface area contributed by atoms with E-state index in [1.807, 2.05) is 24.8 Å². The standard InChI is InChI=1S/C26H39N5O3S/c1-15-12-19(28-14-25(4,5)6)27-13-18(15)21-20(24(33)31-11-9-10-16(31)2)30-23(35-21)22(32)29-17(3)26(7,8)34/h12-13,16-17,34H,9-11,14H2,1-8H3,(H,27,28)(H,29,32)/t16-,17-/m0/s1. The number of hydrogen-bond donors (Lipinski definition) is 3. The molecule has 2 aromatic heterocycles. The molecule has 0 spiro atoms. The lowest BCUT2D eigenvalue weighted by molar-refractivity contribution is 0.0408. The van der Waals surface area contributed by atoms with Gasteiger partial charge in [0.25, 0.3) is 11.8 Å².